The van der Waals surface area contributed by atoms with E-state index in [2.05, 4.69) is 18.6 Å². The van der Waals surface area contributed by atoms with Crippen molar-refractivity contribution in [2.75, 3.05) is 0 Å². The van der Waals surface area contributed by atoms with Crippen molar-refractivity contribution in [2.45, 2.75) is 32.7 Å². The van der Waals surface area contributed by atoms with Crippen molar-refractivity contribution in [3.8, 4) is 0 Å². The SMILES string of the molecule is C=C(CC)CC(N)c1cnn(C)c1C. The first-order valence-electron chi connectivity index (χ1n) is 4.97. The highest BCUT2D eigenvalue weighted by Gasteiger charge is 2.12. The Morgan fingerprint density at radius 1 is 1.71 bits per heavy atom. The summed E-state index contributed by atoms with van der Waals surface area (Å²) in [5, 5.41) is 4.18. The lowest BCUT2D eigenvalue weighted by Crippen LogP contribution is -2.11. The molecule has 0 aliphatic heterocycles. The molecule has 0 spiro atoms. The highest BCUT2D eigenvalue weighted by atomic mass is 15.3. The van der Waals surface area contributed by atoms with Gasteiger partial charge in [0.25, 0.3) is 0 Å². The standard InChI is InChI=1S/C11H19N3/c1-5-8(2)6-11(12)10-7-13-14(4)9(10)3/h7,11H,2,5-6,12H2,1,3-4H3. The van der Waals surface area contributed by atoms with Gasteiger partial charge in [-0.05, 0) is 19.8 Å². The maximum atomic E-state index is 6.07. The summed E-state index contributed by atoms with van der Waals surface area (Å²) in [5.41, 5.74) is 9.53. The van der Waals surface area contributed by atoms with Crippen LogP contribution in [-0.4, -0.2) is 9.78 Å². The van der Waals surface area contributed by atoms with Gasteiger partial charge in [0.15, 0.2) is 0 Å². The Labute approximate surface area is 85.6 Å². The summed E-state index contributed by atoms with van der Waals surface area (Å²) in [6.45, 7) is 8.11. The molecule has 1 heterocycles. The minimum Gasteiger partial charge on any atom is -0.324 e. The molecule has 3 heteroatoms. The predicted molar refractivity (Wildman–Crippen MR) is 58.9 cm³/mol. The molecule has 14 heavy (non-hydrogen) atoms. The molecule has 2 N–H and O–H groups in total. The van der Waals surface area contributed by atoms with E-state index in [-0.39, 0.29) is 6.04 Å². The van der Waals surface area contributed by atoms with Gasteiger partial charge in [-0.3, -0.25) is 4.68 Å². The number of rotatable bonds is 4. The van der Waals surface area contributed by atoms with E-state index in [0.717, 1.165) is 24.1 Å². The molecule has 0 saturated carbocycles. The lowest BCUT2D eigenvalue weighted by atomic mass is 10.00. The second kappa shape index (κ2) is 4.42. The summed E-state index contributed by atoms with van der Waals surface area (Å²) < 4.78 is 1.85. The van der Waals surface area contributed by atoms with Crippen LogP contribution in [0.2, 0.25) is 0 Å². The van der Waals surface area contributed by atoms with E-state index in [1.54, 1.807) is 0 Å². The third-order valence-electron chi connectivity index (χ3n) is 2.68. The second-order valence-electron chi connectivity index (χ2n) is 3.72. The third kappa shape index (κ3) is 2.23. The summed E-state index contributed by atoms with van der Waals surface area (Å²) in [7, 11) is 1.93. The van der Waals surface area contributed by atoms with E-state index < -0.39 is 0 Å². The molecular weight excluding hydrogens is 174 g/mol. The Bertz CT molecular complexity index is 325. The van der Waals surface area contributed by atoms with Crippen molar-refractivity contribution < 1.29 is 0 Å². The molecule has 0 amide bonds. The molecule has 0 fully saturated rings. The van der Waals surface area contributed by atoms with E-state index in [9.17, 15) is 0 Å². The van der Waals surface area contributed by atoms with Crippen LogP contribution >= 0.6 is 0 Å². The zero-order valence-electron chi connectivity index (χ0n) is 9.25. The van der Waals surface area contributed by atoms with Gasteiger partial charge in [-0.1, -0.05) is 19.1 Å². The lowest BCUT2D eigenvalue weighted by Gasteiger charge is -2.12. The number of hydrogen-bond acceptors (Lipinski definition) is 2. The summed E-state index contributed by atoms with van der Waals surface area (Å²) in [6.07, 6.45) is 3.69. The highest BCUT2D eigenvalue weighted by molar-refractivity contribution is 5.21. The quantitative estimate of drug-likeness (QED) is 0.744. The fourth-order valence-corrected chi connectivity index (χ4v) is 1.45. The van der Waals surface area contributed by atoms with Crippen molar-refractivity contribution in [1.82, 2.24) is 9.78 Å². The van der Waals surface area contributed by atoms with Crippen LogP contribution in [0, 0.1) is 6.92 Å². The van der Waals surface area contributed by atoms with E-state index in [0.29, 0.717) is 0 Å². The smallest absolute Gasteiger partial charge is 0.0540 e. The minimum absolute atomic E-state index is 0.0381. The van der Waals surface area contributed by atoms with E-state index >= 15 is 0 Å². The van der Waals surface area contributed by atoms with Crippen molar-refractivity contribution in [2.24, 2.45) is 12.8 Å². The van der Waals surface area contributed by atoms with Gasteiger partial charge in [0.05, 0.1) is 6.20 Å². The van der Waals surface area contributed by atoms with Crippen LogP contribution in [0.1, 0.15) is 37.1 Å². The Kier molecular flexibility index (Phi) is 3.47. The van der Waals surface area contributed by atoms with Gasteiger partial charge >= 0.3 is 0 Å². The molecule has 1 atom stereocenters. The molecule has 78 valence electrons. The van der Waals surface area contributed by atoms with Crippen LogP contribution in [0.15, 0.2) is 18.3 Å². The van der Waals surface area contributed by atoms with Gasteiger partial charge in [-0.15, -0.1) is 0 Å². The van der Waals surface area contributed by atoms with Gasteiger partial charge in [-0.25, -0.2) is 0 Å². The fraction of sp³-hybridized carbons (Fsp3) is 0.545. The largest absolute Gasteiger partial charge is 0.324 e. The molecule has 0 aliphatic rings. The van der Waals surface area contributed by atoms with Crippen molar-refractivity contribution in [1.29, 1.82) is 0 Å². The average molecular weight is 193 g/mol. The van der Waals surface area contributed by atoms with Crippen LogP contribution in [0.4, 0.5) is 0 Å². The highest BCUT2D eigenvalue weighted by Crippen LogP contribution is 2.21. The summed E-state index contributed by atoms with van der Waals surface area (Å²) in [5.74, 6) is 0. The fourth-order valence-electron chi connectivity index (χ4n) is 1.45. The molecule has 1 unspecified atom stereocenters. The lowest BCUT2D eigenvalue weighted by molar-refractivity contribution is 0.686. The summed E-state index contributed by atoms with van der Waals surface area (Å²) in [6, 6.07) is 0.0381. The number of nitrogens with zero attached hydrogens (tertiary/aromatic N) is 2. The molecule has 0 aliphatic carbocycles. The third-order valence-corrected chi connectivity index (χ3v) is 2.68. The van der Waals surface area contributed by atoms with E-state index in [4.69, 9.17) is 5.73 Å². The second-order valence-corrected chi connectivity index (χ2v) is 3.72. The van der Waals surface area contributed by atoms with Gasteiger partial charge in [0.1, 0.15) is 0 Å². The molecule has 1 aromatic rings. The van der Waals surface area contributed by atoms with Crippen LogP contribution < -0.4 is 5.73 Å². The number of aromatic nitrogens is 2. The Morgan fingerprint density at radius 2 is 2.36 bits per heavy atom. The van der Waals surface area contributed by atoms with Crippen molar-refractivity contribution >= 4 is 0 Å². The van der Waals surface area contributed by atoms with Crippen molar-refractivity contribution in [3.63, 3.8) is 0 Å². The number of aryl methyl sites for hydroxylation is 1. The molecule has 0 bridgehead atoms. The molecule has 0 radical (unpaired) electrons. The zero-order valence-corrected chi connectivity index (χ0v) is 9.25. The number of nitrogens with two attached hydrogens (primary N) is 1. The van der Waals surface area contributed by atoms with Crippen LogP contribution in [0.5, 0.6) is 0 Å². The Balaban J connectivity index is 2.74. The minimum atomic E-state index is 0.0381. The molecule has 0 saturated heterocycles. The number of hydrogen-bond donors (Lipinski definition) is 1. The first-order chi connectivity index (χ1) is 6.56. The molecule has 3 nitrogen and oxygen atoms in total. The molecule has 1 aromatic heterocycles. The van der Waals surface area contributed by atoms with Crippen LogP contribution in [-0.2, 0) is 7.05 Å². The Morgan fingerprint density at radius 3 is 2.79 bits per heavy atom. The maximum absolute atomic E-state index is 6.07. The molecular formula is C11H19N3. The summed E-state index contributed by atoms with van der Waals surface area (Å²) >= 11 is 0. The first kappa shape index (κ1) is 11.0. The monoisotopic (exact) mass is 193 g/mol. The summed E-state index contributed by atoms with van der Waals surface area (Å²) in [4.78, 5) is 0. The normalized spacial score (nSPS) is 12.9. The Hall–Kier alpha value is -1.09. The average Bonchev–Trinajstić information content (AvgIpc) is 2.47. The van der Waals surface area contributed by atoms with Crippen LogP contribution in [0.3, 0.4) is 0 Å². The van der Waals surface area contributed by atoms with Gasteiger partial charge in [0, 0.05) is 24.3 Å². The van der Waals surface area contributed by atoms with E-state index in [1.807, 2.05) is 24.9 Å². The zero-order chi connectivity index (χ0) is 10.7. The first-order valence-corrected chi connectivity index (χ1v) is 4.97. The van der Waals surface area contributed by atoms with E-state index in [1.165, 1.54) is 5.57 Å². The molecule has 0 aromatic carbocycles. The van der Waals surface area contributed by atoms with Gasteiger partial charge in [-0.2, -0.15) is 5.10 Å². The molecule has 1 rings (SSSR count). The van der Waals surface area contributed by atoms with Crippen molar-refractivity contribution in [3.05, 3.63) is 29.6 Å². The topological polar surface area (TPSA) is 43.8 Å². The predicted octanol–water partition coefficient (Wildman–Crippen LogP) is 2.08. The van der Waals surface area contributed by atoms with Crippen LogP contribution in [0.25, 0.3) is 0 Å². The van der Waals surface area contributed by atoms with Gasteiger partial charge in [0.2, 0.25) is 0 Å². The van der Waals surface area contributed by atoms with Gasteiger partial charge < -0.3 is 5.73 Å². The maximum Gasteiger partial charge on any atom is 0.0540 e.